The normalized spacial score (nSPS) is 36.0. The molecule has 3 aliphatic rings. The van der Waals surface area contributed by atoms with Crippen molar-refractivity contribution >= 4 is 23.2 Å². The Morgan fingerprint density at radius 2 is 2.00 bits per heavy atom. The summed E-state index contributed by atoms with van der Waals surface area (Å²) in [4.78, 5) is 2.68. The first-order valence-corrected chi connectivity index (χ1v) is 7.14. The van der Waals surface area contributed by atoms with Crippen LogP contribution in [0.1, 0.15) is 24.8 Å². The van der Waals surface area contributed by atoms with Crippen LogP contribution in [0.4, 0.5) is 0 Å². The van der Waals surface area contributed by atoms with E-state index in [9.17, 15) is 0 Å². The molecule has 1 saturated heterocycles. The van der Waals surface area contributed by atoms with Crippen molar-refractivity contribution in [3.05, 3.63) is 33.8 Å². The number of rotatable bonds is 2. The summed E-state index contributed by atoms with van der Waals surface area (Å²) in [6, 6.07) is 7.09. The molecular weight excluding hydrogens is 253 g/mol. The van der Waals surface area contributed by atoms with E-state index in [1.54, 1.807) is 0 Å². The molecule has 2 aliphatic carbocycles. The van der Waals surface area contributed by atoms with Crippen molar-refractivity contribution in [1.29, 1.82) is 0 Å². The Balaban J connectivity index is 1.64. The first-order valence-electron chi connectivity index (χ1n) is 6.39. The Labute approximate surface area is 112 Å². The number of nitrogens with zero attached hydrogens (tertiary/aromatic N) is 1. The van der Waals surface area contributed by atoms with Crippen LogP contribution in [0.2, 0.25) is 10.0 Å². The number of likely N-dealkylation sites (tertiary alicyclic amines) is 1. The number of benzene rings is 1. The summed E-state index contributed by atoms with van der Waals surface area (Å²) in [5.74, 6) is 0.861. The molecule has 0 amide bonds. The van der Waals surface area contributed by atoms with Gasteiger partial charge >= 0.3 is 0 Å². The largest absolute Gasteiger partial charge is 0.299 e. The predicted molar refractivity (Wildman–Crippen MR) is 70.8 cm³/mol. The fourth-order valence-electron chi connectivity index (χ4n) is 3.49. The summed E-state index contributed by atoms with van der Waals surface area (Å²) in [6.07, 6.45) is 4.16. The lowest BCUT2D eigenvalue weighted by molar-refractivity contribution is 0.288. The van der Waals surface area contributed by atoms with Gasteiger partial charge in [0.2, 0.25) is 0 Å². The lowest BCUT2D eigenvalue weighted by Crippen LogP contribution is -2.28. The van der Waals surface area contributed by atoms with Gasteiger partial charge in [0, 0.05) is 24.5 Å². The fraction of sp³-hybridized carbons (Fsp3) is 0.571. The van der Waals surface area contributed by atoms with Gasteiger partial charge in [0.05, 0.1) is 10.0 Å². The molecule has 1 nitrogen and oxygen atoms in total. The maximum atomic E-state index is 6.14. The average Bonchev–Trinajstić information content (AvgIpc) is 3.22. The monoisotopic (exact) mass is 267 g/mol. The number of piperidine rings is 1. The molecule has 1 aromatic carbocycles. The summed E-state index contributed by atoms with van der Waals surface area (Å²) in [6.45, 7) is 2.53. The summed E-state index contributed by atoms with van der Waals surface area (Å²) >= 11 is 12.1. The van der Waals surface area contributed by atoms with E-state index in [2.05, 4.69) is 17.0 Å². The van der Waals surface area contributed by atoms with Gasteiger partial charge in [-0.1, -0.05) is 29.3 Å². The quantitative estimate of drug-likeness (QED) is 0.790. The zero-order valence-corrected chi connectivity index (χ0v) is 11.1. The number of fused-ring (bicyclic) bond motifs is 1. The van der Waals surface area contributed by atoms with Gasteiger partial charge in [-0.05, 0) is 42.9 Å². The molecule has 0 spiro atoms. The molecule has 17 heavy (non-hydrogen) atoms. The second-order valence-corrected chi connectivity index (χ2v) is 6.66. The molecule has 2 atom stereocenters. The standard InChI is InChI=1S/C14H15Cl2N/c15-12-4-1-9(5-13(12)16)14-6-10(14)7-17(8-14)11-2-3-11/h1,4-5,10-11H,2-3,6-8H2/t10-,14+/m1/s1. The minimum atomic E-state index is 0.414. The highest BCUT2D eigenvalue weighted by Crippen LogP contribution is 2.60. The molecule has 1 heterocycles. The third-order valence-corrected chi connectivity index (χ3v) is 5.47. The van der Waals surface area contributed by atoms with E-state index in [1.807, 2.05) is 6.07 Å². The topological polar surface area (TPSA) is 3.24 Å². The van der Waals surface area contributed by atoms with E-state index in [4.69, 9.17) is 23.2 Å². The molecule has 0 unspecified atom stereocenters. The van der Waals surface area contributed by atoms with Crippen LogP contribution in [0.15, 0.2) is 18.2 Å². The number of hydrogen-bond donors (Lipinski definition) is 0. The molecule has 1 aromatic rings. The molecule has 3 heteroatoms. The molecular formula is C14H15Cl2N. The van der Waals surface area contributed by atoms with E-state index < -0.39 is 0 Å². The highest BCUT2D eigenvalue weighted by molar-refractivity contribution is 6.42. The third-order valence-electron chi connectivity index (χ3n) is 4.73. The minimum Gasteiger partial charge on any atom is -0.299 e. The Hall–Kier alpha value is -0.240. The summed E-state index contributed by atoms with van der Waals surface area (Å²) in [5.41, 5.74) is 1.82. The molecule has 0 radical (unpaired) electrons. The van der Waals surface area contributed by atoms with Crippen molar-refractivity contribution < 1.29 is 0 Å². The molecule has 4 rings (SSSR count). The van der Waals surface area contributed by atoms with Crippen LogP contribution in [-0.2, 0) is 5.41 Å². The van der Waals surface area contributed by atoms with Crippen LogP contribution >= 0.6 is 23.2 Å². The van der Waals surface area contributed by atoms with Gasteiger partial charge in [0.15, 0.2) is 0 Å². The van der Waals surface area contributed by atoms with Crippen LogP contribution < -0.4 is 0 Å². The maximum absolute atomic E-state index is 6.14. The molecule has 1 aliphatic heterocycles. The van der Waals surface area contributed by atoms with E-state index in [-0.39, 0.29) is 0 Å². The van der Waals surface area contributed by atoms with Crippen molar-refractivity contribution in [3.8, 4) is 0 Å². The van der Waals surface area contributed by atoms with Gasteiger partial charge in [-0.3, -0.25) is 4.90 Å². The van der Waals surface area contributed by atoms with E-state index in [0.29, 0.717) is 15.5 Å². The van der Waals surface area contributed by atoms with Crippen molar-refractivity contribution in [2.75, 3.05) is 13.1 Å². The van der Waals surface area contributed by atoms with Gasteiger partial charge in [-0.25, -0.2) is 0 Å². The van der Waals surface area contributed by atoms with Crippen LogP contribution in [0.25, 0.3) is 0 Å². The predicted octanol–water partition coefficient (Wildman–Crippen LogP) is 3.73. The molecule has 0 bridgehead atoms. The van der Waals surface area contributed by atoms with Crippen molar-refractivity contribution in [1.82, 2.24) is 4.90 Å². The molecule has 3 fully saturated rings. The van der Waals surface area contributed by atoms with Crippen LogP contribution in [0.3, 0.4) is 0 Å². The Bertz CT molecular complexity index is 483. The second-order valence-electron chi connectivity index (χ2n) is 5.85. The van der Waals surface area contributed by atoms with Crippen LogP contribution in [0.5, 0.6) is 0 Å². The highest BCUT2D eigenvalue weighted by Gasteiger charge is 2.62. The van der Waals surface area contributed by atoms with Crippen LogP contribution in [0, 0.1) is 5.92 Å². The lowest BCUT2D eigenvalue weighted by Gasteiger charge is -2.20. The molecule has 0 aromatic heterocycles. The Morgan fingerprint density at radius 3 is 2.71 bits per heavy atom. The first-order chi connectivity index (χ1) is 8.19. The van der Waals surface area contributed by atoms with Gasteiger partial charge < -0.3 is 0 Å². The van der Waals surface area contributed by atoms with Gasteiger partial charge in [0.1, 0.15) is 0 Å². The summed E-state index contributed by atoms with van der Waals surface area (Å²) in [7, 11) is 0. The van der Waals surface area contributed by atoms with E-state index >= 15 is 0 Å². The van der Waals surface area contributed by atoms with Crippen molar-refractivity contribution in [3.63, 3.8) is 0 Å². The average molecular weight is 268 g/mol. The van der Waals surface area contributed by atoms with E-state index in [0.717, 1.165) is 12.0 Å². The molecule has 0 N–H and O–H groups in total. The minimum absolute atomic E-state index is 0.414. The van der Waals surface area contributed by atoms with E-state index in [1.165, 1.54) is 37.9 Å². The Kier molecular flexibility index (Phi) is 2.13. The summed E-state index contributed by atoms with van der Waals surface area (Å²) in [5, 5.41) is 1.37. The lowest BCUT2D eigenvalue weighted by atomic mass is 9.95. The number of hydrogen-bond acceptors (Lipinski definition) is 1. The summed E-state index contributed by atoms with van der Waals surface area (Å²) < 4.78 is 0. The first kappa shape index (κ1) is 10.7. The van der Waals surface area contributed by atoms with Crippen molar-refractivity contribution in [2.24, 2.45) is 5.92 Å². The van der Waals surface area contributed by atoms with Gasteiger partial charge in [0.25, 0.3) is 0 Å². The zero-order valence-electron chi connectivity index (χ0n) is 9.63. The Morgan fingerprint density at radius 1 is 1.18 bits per heavy atom. The van der Waals surface area contributed by atoms with Crippen molar-refractivity contribution in [2.45, 2.75) is 30.7 Å². The fourth-order valence-corrected chi connectivity index (χ4v) is 3.79. The SMILES string of the molecule is Clc1ccc([C@@]23C[C@@H]2CN(C2CC2)C3)cc1Cl. The maximum Gasteiger partial charge on any atom is 0.0595 e. The highest BCUT2D eigenvalue weighted by atomic mass is 35.5. The molecule has 2 saturated carbocycles. The van der Waals surface area contributed by atoms with Crippen LogP contribution in [-0.4, -0.2) is 24.0 Å². The zero-order chi connectivity index (χ0) is 11.6. The smallest absolute Gasteiger partial charge is 0.0595 e. The second kappa shape index (κ2) is 3.40. The van der Waals surface area contributed by atoms with Gasteiger partial charge in [-0.2, -0.15) is 0 Å². The molecule has 90 valence electrons. The van der Waals surface area contributed by atoms with Gasteiger partial charge in [-0.15, -0.1) is 0 Å². The number of halogens is 2. The third kappa shape index (κ3) is 1.56.